The first-order valence-electron chi connectivity index (χ1n) is 17.6. The van der Waals surface area contributed by atoms with Crippen LogP contribution in [0.3, 0.4) is 0 Å². The summed E-state index contributed by atoms with van der Waals surface area (Å²) in [5, 5.41) is 13.8. The molecular weight excluding hydrogens is 645 g/mol. The van der Waals surface area contributed by atoms with Gasteiger partial charge in [0.1, 0.15) is 11.5 Å². The summed E-state index contributed by atoms with van der Waals surface area (Å²) < 4.78 is 19.0. The standard InChI is InChI=1S/C46H54O4Si/c1-10-17-36(2)32-33-46(8,49-34-38-24-27-39(48-9)28-25-38)35-45(6,7)43(47)31-26-37-22-29-40(30-23-37)50-51(44(3,4)5,41-18-13-11-14-19-41)42-20-15-12-16-21-42/h1,11-33,43,47H,34-35H2,2-9H3/b31-26+,33-32+,36-17+/t43?,46-/m0/s1. The van der Waals surface area contributed by atoms with Gasteiger partial charge in [-0.15, -0.1) is 6.42 Å². The van der Waals surface area contributed by atoms with Gasteiger partial charge < -0.3 is 19.0 Å². The van der Waals surface area contributed by atoms with Crippen LogP contribution in [0.1, 0.15) is 66.0 Å². The minimum absolute atomic E-state index is 0.137. The van der Waals surface area contributed by atoms with Crippen molar-refractivity contribution >= 4 is 24.8 Å². The van der Waals surface area contributed by atoms with Crippen molar-refractivity contribution in [1.29, 1.82) is 0 Å². The Kier molecular flexibility index (Phi) is 13.1. The van der Waals surface area contributed by atoms with Gasteiger partial charge in [0, 0.05) is 0 Å². The van der Waals surface area contributed by atoms with Gasteiger partial charge in [0.2, 0.25) is 0 Å². The van der Waals surface area contributed by atoms with Crippen LogP contribution in [0.5, 0.6) is 11.5 Å². The van der Waals surface area contributed by atoms with Crippen molar-refractivity contribution in [2.75, 3.05) is 7.11 Å². The van der Waals surface area contributed by atoms with Crippen molar-refractivity contribution < 1.29 is 19.0 Å². The molecule has 0 aliphatic carbocycles. The van der Waals surface area contributed by atoms with Crippen LogP contribution in [0.25, 0.3) is 6.08 Å². The number of methoxy groups -OCH3 is 1. The van der Waals surface area contributed by atoms with Crippen molar-refractivity contribution in [3.05, 3.63) is 150 Å². The molecule has 266 valence electrons. The first-order chi connectivity index (χ1) is 24.2. The second kappa shape index (κ2) is 17.1. The van der Waals surface area contributed by atoms with Gasteiger partial charge in [-0.3, -0.25) is 0 Å². The molecule has 51 heavy (non-hydrogen) atoms. The predicted molar refractivity (Wildman–Crippen MR) is 216 cm³/mol. The highest BCUT2D eigenvalue weighted by Crippen LogP contribution is 2.38. The van der Waals surface area contributed by atoms with E-state index in [0.717, 1.165) is 28.2 Å². The summed E-state index contributed by atoms with van der Waals surface area (Å²) in [5.41, 5.74) is 1.77. The number of aliphatic hydroxyl groups is 1. The third kappa shape index (κ3) is 10.2. The summed E-state index contributed by atoms with van der Waals surface area (Å²) in [4.78, 5) is 0. The molecule has 0 heterocycles. The van der Waals surface area contributed by atoms with E-state index in [2.05, 4.69) is 120 Å². The van der Waals surface area contributed by atoms with Crippen molar-refractivity contribution in [3.63, 3.8) is 0 Å². The zero-order valence-electron chi connectivity index (χ0n) is 31.5. The van der Waals surface area contributed by atoms with E-state index in [4.69, 9.17) is 20.3 Å². The molecule has 2 atom stereocenters. The Hall–Kier alpha value is -4.60. The third-order valence-corrected chi connectivity index (χ3v) is 14.3. The zero-order chi connectivity index (χ0) is 37.1. The number of benzene rings is 4. The number of allylic oxidation sites excluding steroid dienone is 3. The van der Waals surface area contributed by atoms with Crippen molar-refractivity contribution in [3.8, 4) is 23.8 Å². The van der Waals surface area contributed by atoms with E-state index in [1.807, 2.05) is 67.6 Å². The summed E-state index contributed by atoms with van der Waals surface area (Å²) >= 11 is 0. The molecule has 0 amide bonds. The second-order valence-corrected chi connectivity index (χ2v) is 19.4. The average molecular weight is 699 g/mol. The lowest BCUT2D eigenvalue weighted by atomic mass is 9.76. The van der Waals surface area contributed by atoms with Gasteiger partial charge in [0.25, 0.3) is 0 Å². The largest absolute Gasteiger partial charge is 0.534 e. The molecule has 0 fully saturated rings. The van der Waals surface area contributed by atoms with E-state index < -0.39 is 25.4 Å². The smallest absolute Gasteiger partial charge is 0.319 e. The maximum Gasteiger partial charge on any atom is 0.319 e. The number of aliphatic hydroxyl groups excluding tert-OH is 1. The highest BCUT2D eigenvalue weighted by Gasteiger charge is 2.52. The quantitative estimate of drug-likeness (QED) is 0.0764. The second-order valence-electron chi connectivity index (χ2n) is 15.1. The minimum Gasteiger partial charge on any atom is -0.534 e. The molecule has 0 saturated carbocycles. The molecule has 0 spiro atoms. The van der Waals surface area contributed by atoms with Gasteiger partial charge >= 0.3 is 8.32 Å². The van der Waals surface area contributed by atoms with Crippen LogP contribution in [-0.4, -0.2) is 32.2 Å². The number of hydrogen-bond acceptors (Lipinski definition) is 4. The number of ether oxygens (including phenoxy) is 2. The van der Waals surface area contributed by atoms with Crippen molar-refractivity contribution in [1.82, 2.24) is 0 Å². The fourth-order valence-electron chi connectivity index (χ4n) is 6.56. The Morgan fingerprint density at radius 1 is 0.804 bits per heavy atom. The van der Waals surface area contributed by atoms with E-state index in [1.54, 1.807) is 13.2 Å². The molecule has 0 aliphatic rings. The minimum atomic E-state index is -2.74. The van der Waals surface area contributed by atoms with Gasteiger partial charge in [-0.2, -0.15) is 0 Å². The Morgan fingerprint density at radius 2 is 1.35 bits per heavy atom. The number of hydrogen-bond donors (Lipinski definition) is 1. The molecule has 1 N–H and O–H groups in total. The van der Waals surface area contributed by atoms with Crippen LogP contribution < -0.4 is 19.5 Å². The molecule has 4 rings (SSSR count). The van der Waals surface area contributed by atoms with Crippen molar-refractivity contribution in [2.45, 2.75) is 78.2 Å². The summed E-state index contributed by atoms with van der Waals surface area (Å²) in [5.74, 6) is 4.21. The molecule has 0 bridgehead atoms. The predicted octanol–water partition coefficient (Wildman–Crippen LogP) is 9.54. The van der Waals surface area contributed by atoms with E-state index in [1.165, 1.54) is 10.4 Å². The van der Waals surface area contributed by atoms with Gasteiger partial charge in [-0.25, -0.2) is 0 Å². The van der Waals surface area contributed by atoms with Gasteiger partial charge in [0.15, 0.2) is 0 Å². The fourth-order valence-corrected chi connectivity index (χ4v) is 11.0. The Balaban J connectivity index is 1.53. The van der Waals surface area contributed by atoms with Crippen LogP contribution >= 0.6 is 0 Å². The lowest BCUT2D eigenvalue weighted by Crippen LogP contribution is -2.68. The van der Waals surface area contributed by atoms with E-state index >= 15 is 0 Å². The normalized spacial score (nSPS) is 14.6. The highest BCUT2D eigenvalue weighted by atomic mass is 28.4. The zero-order valence-corrected chi connectivity index (χ0v) is 32.5. The summed E-state index contributed by atoms with van der Waals surface area (Å²) in [6.45, 7) is 15.4. The third-order valence-electron chi connectivity index (χ3n) is 9.38. The molecule has 0 aliphatic heterocycles. The molecule has 4 aromatic rings. The molecule has 4 nitrogen and oxygen atoms in total. The Bertz CT molecular complexity index is 1770. The molecule has 5 heteroatoms. The molecule has 0 aromatic heterocycles. The molecule has 0 saturated heterocycles. The molecule has 1 unspecified atom stereocenters. The van der Waals surface area contributed by atoms with Crippen LogP contribution in [0.15, 0.2) is 139 Å². The van der Waals surface area contributed by atoms with Crippen LogP contribution in [-0.2, 0) is 11.3 Å². The lowest BCUT2D eigenvalue weighted by Gasteiger charge is -2.43. The van der Waals surface area contributed by atoms with Gasteiger partial charge in [-0.1, -0.05) is 150 Å². The maximum absolute atomic E-state index is 11.5. The van der Waals surface area contributed by atoms with Crippen LogP contribution in [0.2, 0.25) is 5.04 Å². The van der Waals surface area contributed by atoms with Crippen LogP contribution in [0.4, 0.5) is 0 Å². The van der Waals surface area contributed by atoms with Gasteiger partial charge in [-0.05, 0) is 88.1 Å². The highest BCUT2D eigenvalue weighted by molar-refractivity contribution is 7.00. The molecular formula is C46H54O4Si. The first-order valence-corrected chi connectivity index (χ1v) is 19.5. The Labute approximate surface area is 307 Å². The fraction of sp³-hybridized carbons (Fsp3) is 0.304. The van der Waals surface area contributed by atoms with E-state index in [9.17, 15) is 5.11 Å². The van der Waals surface area contributed by atoms with Crippen molar-refractivity contribution in [2.24, 2.45) is 5.41 Å². The monoisotopic (exact) mass is 698 g/mol. The SMILES string of the molecule is C#C/C=C(C)/C=C/[C@@](C)(CC(C)(C)C(O)/C=C/c1ccc(O[Si](c2ccccc2)(c2ccccc2)C(C)(C)C)cc1)OCc1ccc(OC)cc1. The van der Waals surface area contributed by atoms with E-state index in [-0.39, 0.29) is 5.04 Å². The van der Waals surface area contributed by atoms with Crippen LogP contribution in [0, 0.1) is 17.8 Å². The maximum atomic E-state index is 11.5. The first kappa shape index (κ1) is 39.2. The summed E-state index contributed by atoms with van der Waals surface area (Å²) in [6, 6.07) is 37.3. The van der Waals surface area contributed by atoms with E-state index in [0.29, 0.717) is 13.0 Å². The average Bonchev–Trinajstić information content (AvgIpc) is 3.12. The topological polar surface area (TPSA) is 47.9 Å². The molecule has 0 radical (unpaired) electrons. The lowest BCUT2D eigenvalue weighted by molar-refractivity contribution is -0.0541. The molecule has 4 aromatic carbocycles. The van der Waals surface area contributed by atoms with Gasteiger partial charge in [0.05, 0.1) is 25.4 Å². The number of terminal acetylenes is 1. The Morgan fingerprint density at radius 3 is 1.86 bits per heavy atom. The number of rotatable bonds is 15. The summed E-state index contributed by atoms with van der Waals surface area (Å²) in [6.07, 6.45) is 14.9. The summed E-state index contributed by atoms with van der Waals surface area (Å²) in [7, 11) is -1.08.